The molecule has 3 rings (SSSR count). The molecular formula is C16H24N2O2. The van der Waals surface area contributed by atoms with Crippen molar-refractivity contribution in [2.45, 2.75) is 58.7 Å². The Labute approximate surface area is 120 Å². The van der Waals surface area contributed by atoms with E-state index >= 15 is 0 Å². The van der Waals surface area contributed by atoms with Gasteiger partial charge in [0.2, 0.25) is 0 Å². The number of ether oxygens (including phenoxy) is 1. The lowest BCUT2D eigenvalue weighted by atomic mass is 9.95. The SMILES string of the molecule is CC.Cc1nc2ccc(OC3CCCCC3O)cc2[nH]1. The topological polar surface area (TPSA) is 58.1 Å². The second-order valence-corrected chi connectivity index (χ2v) is 5.01. The number of aryl methyl sites for hydroxylation is 1. The summed E-state index contributed by atoms with van der Waals surface area (Å²) in [7, 11) is 0. The third kappa shape index (κ3) is 3.31. The molecule has 0 amide bonds. The molecule has 1 fully saturated rings. The van der Waals surface area contributed by atoms with E-state index in [1.165, 1.54) is 0 Å². The smallest absolute Gasteiger partial charge is 0.124 e. The lowest BCUT2D eigenvalue weighted by Crippen LogP contribution is -2.34. The highest BCUT2D eigenvalue weighted by molar-refractivity contribution is 5.76. The molecule has 1 aliphatic rings. The molecule has 0 spiro atoms. The first kappa shape index (κ1) is 14.9. The number of aliphatic hydroxyl groups excluding tert-OH is 1. The first-order chi connectivity index (χ1) is 9.72. The van der Waals surface area contributed by atoms with Crippen molar-refractivity contribution in [3.05, 3.63) is 24.0 Å². The van der Waals surface area contributed by atoms with Crippen LogP contribution in [-0.2, 0) is 0 Å². The van der Waals surface area contributed by atoms with Crippen LogP contribution in [0.5, 0.6) is 5.75 Å². The van der Waals surface area contributed by atoms with E-state index in [0.717, 1.165) is 48.3 Å². The third-order valence-electron chi connectivity index (χ3n) is 3.53. The summed E-state index contributed by atoms with van der Waals surface area (Å²) in [4.78, 5) is 7.55. The molecule has 1 aliphatic carbocycles. The van der Waals surface area contributed by atoms with E-state index in [9.17, 15) is 5.11 Å². The Hall–Kier alpha value is -1.55. The number of aromatic amines is 1. The van der Waals surface area contributed by atoms with Crippen LogP contribution in [0.3, 0.4) is 0 Å². The van der Waals surface area contributed by atoms with Gasteiger partial charge in [-0.25, -0.2) is 4.98 Å². The molecule has 0 radical (unpaired) electrons. The molecule has 0 bridgehead atoms. The molecule has 2 unspecified atom stereocenters. The van der Waals surface area contributed by atoms with E-state index in [1.54, 1.807) is 0 Å². The second-order valence-electron chi connectivity index (χ2n) is 5.01. The van der Waals surface area contributed by atoms with Crippen LogP contribution < -0.4 is 4.74 Å². The van der Waals surface area contributed by atoms with E-state index in [2.05, 4.69) is 9.97 Å². The molecule has 2 N–H and O–H groups in total. The lowest BCUT2D eigenvalue weighted by molar-refractivity contribution is 0.00694. The van der Waals surface area contributed by atoms with Crippen molar-refractivity contribution in [1.29, 1.82) is 0 Å². The number of rotatable bonds is 2. The van der Waals surface area contributed by atoms with Crippen LogP contribution in [0, 0.1) is 6.92 Å². The Bertz CT molecular complexity index is 550. The van der Waals surface area contributed by atoms with Crippen LogP contribution in [0.25, 0.3) is 11.0 Å². The molecule has 1 aromatic heterocycles. The van der Waals surface area contributed by atoms with Crippen LogP contribution in [0.15, 0.2) is 18.2 Å². The van der Waals surface area contributed by atoms with Gasteiger partial charge in [-0.1, -0.05) is 20.3 Å². The molecule has 0 aliphatic heterocycles. The minimum atomic E-state index is -0.335. The Morgan fingerprint density at radius 3 is 2.75 bits per heavy atom. The molecule has 1 saturated carbocycles. The molecule has 4 heteroatoms. The van der Waals surface area contributed by atoms with Gasteiger partial charge in [0.25, 0.3) is 0 Å². The van der Waals surface area contributed by atoms with Crippen molar-refractivity contribution >= 4 is 11.0 Å². The highest BCUT2D eigenvalue weighted by Crippen LogP contribution is 2.25. The number of H-pyrrole nitrogens is 1. The number of fused-ring (bicyclic) bond motifs is 1. The fourth-order valence-corrected chi connectivity index (χ4v) is 2.58. The summed E-state index contributed by atoms with van der Waals surface area (Å²) in [6.07, 6.45) is 3.60. The normalized spacial score (nSPS) is 22.2. The van der Waals surface area contributed by atoms with Gasteiger partial charge in [-0.05, 0) is 38.3 Å². The van der Waals surface area contributed by atoms with E-state index in [4.69, 9.17) is 4.74 Å². The van der Waals surface area contributed by atoms with Crippen LogP contribution in [0.2, 0.25) is 0 Å². The number of aromatic nitrogens is 2. The van der Waals surface area contributed by atoms with Crippen molar-refractivity contribution in [2.75, 3.05) is 0 Å². The maximum absolute atomic E-state index is 9.90. The third-order valence-corrected chi connectivity index (χ3v) is 3.53. The van der Waals surface area contributed by atoms with Crippen molar-refractivity contribution < 1.29 is 9.84 Å². The fraction of sp³-hybridized carbons (Fsp3) is 0.562. The summed E-state index contributed by atoms with van der Waals surface area (Å²) in [5.41, 5.74) is 1.93. The van der Waals surface area contributed by atoms with Gasteiger partial charge in [0.05, 0.1) is 17.1 Å². The van der Waals surface area contributed by atoms with Crippen molar-refractivity contribution in [3.63, 3.8) is 0 Å². The Morgan fingerprint density at radius 1 is 1.25 bits per heavy atom. The average molecular weight is 276 g/mol. The maximum atomic E-state index is 9.90. The molecule has 110 valence electrons. The number of nitrogens with one attached hydrogen (secondary N) is 1. The maximum Gasteiger partial charge on any atom is 0.124 e. The standard InChI is InChI=1S/C14H18N2O2.C2H6/c1-9-15-11-7-6-10(8-12(11)16-9)18-14-5-3-2-4-13(14)17;1-2/h6-8,13-14,17H,2-5H2,1H3,(H,15,16);1-2H3. The highest BCUT2D eigenvalue weighted by atomic mass is 16.5. The van der Waals surface area contributed by atoms with Gasteiger partial charge in [0.15, 0.2) is 0 Å². The molecule has 0 saturated heterocycles. The predicted molar refractivity (Wildman–Crippen MR) is 81.1 cm³/mol. The zero-order valence-corrected chi connectivity index (χ0v) is 12.5. The molecule has 2 aromatic rings. The lowest BCUT2D eigenvalue weighted by Gasteiger charge is -2.28. The first-order valence-corrected chi connectivity index (χ1v) is 7.53. The van der Waals surface area contributed by atoms with E-state index in [1.807, 2.05) is 39.0 Å². The van der Waals surface area contributed by atoms with Gasteiger partial charge in [-0.15, -0.1) is 0 Å². The molecule has 1 aromatic carbocycles. The number of imidazole rings is 1. The summed E-state index contributed by atoms with van der Waals surface area (Å²) in [6, 6.07) is 5.82. The number of nitrogens with zero attached hydrogens (tertiary/aromatic N) is 1. The molecule has 4 nitrogen and oxygen atoms in total. The van der Waals surface area contributed by atoms with Gasteiger partial charge in [0, 0.05) is 6.07 Å². The highest BCUT2D eigenvalue weighted by Gasteiger charge is 2.24. The van der Waals surface area contributed by atoms with E-state index < -0.39 is 0 Å². The largest absolute Gasteiger partial charge is 0.488 e. The zero-order valence-electron chi connectivity index (χ0n) is 12.5. The predicted octanol–water partition coefficient (Wildman–Crippen LogP) is 3.58. The Kier molecular flexibility index (Phi) is 5.01. The monoisotopic (exact) mass is 276 g/mol. The molecule has 20 heavy (non-hydrogen) atoms. The summed E-state index contributed by atoms with van der Waals surface area (Å²) < 4.78 is 5.89. The van der Waals surface area contributed by atoms with Gasteiger partial charge >= 0.3 is 0 Å². The number of hydrogen-bond donors (Lipinski definition) is 2. The van der Waals surface area contributed by atoms with Gasteiger partial charge in [-0.3, -0.25) is 0 Å². The van der Waals surface area contributed by atoms with Gasteiger partial charge in [0.1, 0.15) is 17.7 Å². The summed E-state index contributed by atoms with van der Waals surface area (Å²) in [5, 5.41) is 9.90. The molecule has 1 heterocycles. The van der Waals surface area contributed by atoms with Crippen LogP contribution >= 0.6 is 0 Å². The van der Waals surface area contributed by atoms with Crippen LogP contribution in [-0.4, -0.2) is 27.3 Å². The summed E-state index contributed by atoms with van der Waals surface area (Å²) in [5.74, 6) is 1.71. The first-order valence-electron chi connectivity index (χ1n) is 7.53. The van der Waals surface area contributed by atoms with Crippen LogP contribution in [0.4, 0.5) is 0 Å². The molecule has 2 atom stereocenters. The quantitative estimate of drug-likeness (QED) is 0.881. The fourth-order valence-electron chi connectivity index (χ4n) is 2.58. The average Bonchev–Trinajstić information content (AvgIpc) is 2.83. The molecular weight excluding hydrogens is 252 g/mol. The van der Waals surface area contributed by atoms with Gasteiger partial charge in [-0.2, -0.15) is 0 Å². The Morgan fingerprint density at radius 2 is 2.00 bits per heavy atom. The number of aliphatic hydroxyl groups is 1. The number of hydrogen-bond acceptors (Lipinski definition) is 3. The van der Waals surface area contributed by atoms with E-state index in [-0.39, 0.29) is 12.2 Å². The zero-order chi connectivity index (χ0) is 14.5. The van der Waals surface area contributed by atoms with E-state index in [0.29, 0.717) is 0 Å². The van der Waals surface area contributed by atoms with Crippen molar-refractivity contribution in [2.24, 2.45) is 0 Å². The summed E-state index contributed by atoms with van der Waals surface area (Å²) in [6.45, 7) is 5.94. The minimum Gasteiger partial charge on any atom is -0.488 e. The minimum absolute atomic E-state index is 0.0692. The van der Waals surface area contributed by atoms with Crippen molar-refractivity contribution in [3.8, 4) is 5.75 Å². The second kappa shape index (κ2) is 6.75. The summed E-state index contributed by atoms with van der Waals surface area (Å²) >= 11 is 0. The van der Waals surface area contributed by atoms with Crippen LogP contribution in [0.1, 0.15) is 45.4 Å². The van der Waals surface area contributed by atoms with Crippen molar-refractivity contribution in [1.82, 2.24) is 9.97 Å². The number of benzene rings is 1. The Balaban J connectivity index is 0.000000704. The van der Waals surface area contributed by atoms with Gasteiger partial charge < -0.3 is 14.8 Å².